The van der Waals surface area contributed by atoms with Gasteiger partial charge in [0, 0.05) is 12.6 Å². The molecule has 0 N–H and O–H groups in total. The number of rotatable bonds is 6. The van der Waals surface area contributed by atoms with Crippen molar-refractivity contribution in [2.24, 2.45) is 0 Å². The monoisotopic (exact) mass is 320 g/mol. The molecule has 6 heteroatoms. The van der Waals surface area contributed by atoms with Crippen LogP contribution >= 0.6 is 11.6 Å². The maximum Gasteiger partial charge on any atom is 0.238 e. The number of aryl methyl sites for hydroxylation is 2. The lowest BCUT2D eigenvalue weighted by molar-refractivity contribution is -0.131. The molecule has 5 nitrogen and oxygen atoms in total. The van der Waals surface area contributed by atoms with Crippen LogP contribution in [0.3, 0.4) is 0 Å². The zero-order chi connectivity index (χ0) is 16.1. The number of alkyl halides is 1. The molecule has 0 aliphatic rings. The molecule has 118 valence electrons. The second kappa shape index (κ2) is 7.40. The Kier molecular flexibility index (Phi) is 5.55. The van der Waals surface area contributed by atoms with Gasteiger partial charge >= 0.3 is 0 Å². The van der Waals surface area contributed by atoms with Gasteiger partial charge in [-0.3, -0.25) is 9.48 Å². The maximum absolute atomic E-state index is 12.3. The number of carbonyl (C=O) groups excluding carboxylic acids is 1. The van der Waals surface area contributed by atoms with Gasteiger partial charge in [0.25, 0.3) is 0 Å². The van der Waals surface area contributed by atoms with Crippen LogP contribution in [0.15, 0.2) is 30.9 Å². The van der Waals surface area contributed by atoms with E-state index in [9.17, 15) is 4.79 Å². The molecule has 0 fully saturated rings. The van der Waals surface area contributed by atoms with E-state index in [-0.39, 0.29) is 17.8 Å². The van der Waals surface area contributed by atoms with E-state index in [1.807, 2.05) is 17.9 Å². The Balaban J connectivity index is 2.21. The highest BCUT2D eigenvalue weighted by atomic mass is 35.5. The van der Waals surface area contributed by atoms with Crippen LogP contribution in [0.4, 0.5) is 0 Å². The summed E-state index contributed by atoms with van der Waals surface area (Å²) in [4.78, 5) is 18.0. The zero-order valence-electron chi connectivity index (χ0n) is 13.2. The standard InChI is InChI=1S/C16H21ClN4O/c1-12-5-4-6-13(2)15(12)9-21(16(22)7-17)14(3)8-20-11-18-10-19-20/h4-6,10-11,14H,7-9H2,1-3H3. The summed E-state index contributed by atoms with van der Waals surface area (Å²) in [5, 5.41) is 4.10. The number of benzene rings is 1. The topological polar surface area (TPSA) is 51.0 Å². The molecule has 22 heavy (non-hydrogen) atoms. The van der Waals surface area contributed by atoms with Crippen molar-refractivity contribution < 1.29 is 4.79 Å². The summed E-state index contributed by atoms with van der Waals surface area (Å²) in [6.07, 6.45) is 3.14. The lowest BCUT2D eigenvalue weighted by atomic mass is 10.0. The number of halogens is 1. The van der Waals surface area contributed by atoms with Crippen molar-refractivity contribution in [3.63, 3.8) is 0 Å². The SMILES string of the molecule is Cc1cccc(C)c1CN(C(=O)CCl)C(C)Cn1cncn1. The smallest absolute Gasteiger partial charge is 0.238 e. The molecule has 0 bridgehead atoms. The van der Waals surface area contributed by atoms with Gasteiger partial charge in [0.05, 0.1) is 6.54 Å². The van der Waals surface area contributed by atoms with Gasteiger partial charge in [0.15, 0.2) is 0 Å². The molecule has 0 saturated carbocycles. The van der Waals surface area contributed by atoms with Crippen LogP contribution in [0.5, 0.6) is 0 Å². The fraction of sp³-hybridized carbons (Fsp3) is 0.438. The summed E-state index contributed by atoms with van der Waals surface area (Å²) in [6.45, 7) is 7.27. The first-order valence-electron chi connectivity index (χ1n) is 7.26. The first-order valence-corrected chi connectivity index (χ1v) is 7.79. The van der Waals surface area contributed by atoms with Crippen molar-refractivity contribution >= 4 is 17.5 Å². The summed E-state index contributed by atoms with van der Waals surface area (Å²) < 4.78 is 1.73. The van der Waals surface area contributed by atoms with Gasteiger partial charge in [-0.1, -0.05) is 18.2 Å². The number of hydrogen-bond acceptors (Lipinski definition) is 3. The summed E-state index contributed by atoms with van der Waals surface area (Å²) in [5.74, 6) is -0.0935. The molecular weight excluding hydrogens is 300 g/mol. The molecule has 1 unspecified atom stereocenters. The van der Waals surface area contributed by atoms with E-state index in [0.29, 0.717) is 13.1 Å². The lowest BCUT2D eigenvalue weighted by Gasteiger charge is -2.30. The minimum Gasteiger partial charge on any atom is -0.333 e. The Labute approximate surface area is 135 Å². The predicted molar refractivity (Wildman–Crippen MR) is 86.7 cm³/mol. The Bertz CT molecular complexity index is 607. The van der Waals surface area contributed by atoms with E-state index in [0.717, 1.165) is 0 Å². The molecule has 1 heterocycles. The quantitative estimate of drug-likeness (QED) is 0.769. The van der Waals surface area contributed by atoms with Crippen LogP contribution in [0.25, 0.3) is 0 Å². The molecule has 1 atom stereocenters. The van der Waals surface area contributed by atoms with Crippen molar-refractivity contribution in [3.05, 3.63) is 47.5 Å². The van der Waals surface area contributed by atoms with Crippen LogP contribution < -0.4 is 0 Å². The van der Waals surface area contributed by atoms with Crippen LogP contribution in [-0.4, -0.2) is 37.5 Å². The molecular formula is C16H21ClN4O. The number of amides is 1. The van der Waals surface area contributed by atoms with E-state index >= 15 is 0 Å². The average molecular weight is 321 g/mol. The van der Waals surface area contributed by atoms with Gasteiger partial charge in [-0.2, -0.15) is 5.10 Å². The summed E-state index contributed by atoms with van der Waals surface area (Å²) >= 11 is 5.79. The Morgan fingerprint density at radius 3 is 2.59 bits per heavy atom. The van der Waals surface area contributed by atoms with Crippen molar-refractivity contribution in [2.75, 3.05) is 5.88 Å². The van der Waals surface area contributed by atoms with Gasteiger partial charge in [0.1, 0.15) is 18.5 Å². The molecule has 0 aliphatic carbocycles. The van der Waals surface area contributed by atoms with Crippen LogP contribution in [0.1, 0.15) is 23.6 Å². The number of aromatic nitrogens is 3. The number of hydrogen-bond donors (Lipinski definition) is 0. The largest absolute Gasteiger partial charge is 0.333 e. The zero-order valence-corrected chi connectivity index (χ0v) is 13.9. The molecule has 2 aromatic rings. The molecule has 1 aromatic heterocycles. The van der Waals surface area contributed by atoms with Crippen molar-refractivity contribution in [1.82, 2.24) is 19.7 Å². The molecule has 1 amide bonds. The Hall–Kier alpha value is -1.88. The van der Waals surface area contributed by atoms with Crippen molar-refractivity contribution in [2.45, 2.75) is 39.9 Å². The molecule has 2 rings (SSSR count). The van der Waals surface area contributed by atoms with E-state index in [1.54, 1.807) is 11.0 Å². The number of carbonyl (C=O) groups is 1. The van der Waals surface area contributed by atoms with Gasteiger partial charge in [0.2, 0.25) is 5.91 Å². The molecule has 0 aliphatic heterocycles. The average Bonchev–Trinajstić information content (AvgIpc) is 2.99. The van der Waals surface area contributed by atoms with Crippen molar-refractivity contribution in [3.8, 4) is 0 Å². The van der Waals surface area contributed by atoms with Gasteiger partial charge < -0.3 is 4.90 Å². The van der Waals surface area contributed by atoms with Crippen molar-refractivity contribution in [1.29, 1.82) is 0 Å². The third-order valence-electron chi connectivity index (χ3n) is 3.86. The van der Waals surface area contributed by atoms with Crippen LogP contribution in [0.2, 0.25) is 0 Å². The summed E-state index contributed by atoms with van der Waals surface area (Å²) in [6, 6.07) is 6.13. The fourth-order valence-corrected chi connectivity index (χ4v) is 2.69. The maximum atomic E-state index is 12.3. The van der Waals surface area contributed by atoms with E-state index in [4.69, 9.17) is 11.6 Å². The fourth-order valence-electron chi connectivity index (χ4n) is 2.53. The second-order valence-corrected chi connectivity index (χ2v) is 5.76. The number of nitrogens with zero attached hydrogens (tertiary/aromatic N) is 4. The summed E-state index contributed by atoms with van der Waals surface area (Å²) in [7, 11) is 0. The van der Waals surface area contributed by atoms with E-state index in [2.05, 4.69) is 36.1 Å². The first-order chi connectivity index (χ1) is 10.5. The molecule has 1 aromatic carbocycles. The first kappa shape index (κ1) is 16.5. The lowest BCUT2D eigenvalue weighted by Crippen LogP contribution is -2.41. The Morgan fingerprint density at radius 2 is 2.05 bits per heavy atom. The minimum absolute atomic E-state index is 0.0212. The highest BCUT2D eigenvalue weighted by Gasteiger charge is 2.21. The third kappa shape index (κ3) is 3.85. The van der Waals surface area contributed by atoms with E-state index < -0.39 is 0 Å². The van der Waals surface area contributed by atoms with Gasteiger partial charge in [-0.25, -0.2) is 4.98 Å². The predicted octanol–water partition coefficient (Wildman–Crippen LogP) is 2.55. The summed E-state index contributed by atoms with van der Waals surface area (Å²) in [5.41, 5.74) is 3.53. The second-order valence-electron chi connectivity index (χ2n) is 5.49. The van der Waals surface area contributed by atoms with Crippen LogP contribution in [-0.2, 0) is 17.9 Å². The van der Waals surface area contributed by atoms with Gasteiger partial charge in [-0.15, -0.1) is 11.6 Å². The third-order valence-corrected chi connectivity index (χ3v) is 4.09. The molecule has 0 spiro atoms. The molecule has 0 saturated heterocycles. The Morgan fingerprint density at radius 1 is 1.36 bits per heavy atom. The minimum atomic E-state index is -0.0723. The van der Waals surface area contributed by atoms with Gasteiger partial charge in [-0.05, 0) is 37.5 Å². The van der Waals surface area contributed by atoms with E-state index in [1.165, 1.54) is 23.0 Å². The van der Waals surface area contributed by atoms with Crippen LogP contribution in [0, 0.1) is 13.8 Å². The molecule has 0 radical (unpaired) electrons. The normalized spacial score (nSPS) is 12.2. The highest BCUT2D eigenvalue weighted by molar-refractivity contribution is 6.27. The highest BCUT2D eigenvalue weighted by Crippen LogP contribution is 2.18.